The number of ether oxygens (including phenoxy) is 1. The third-order valence-corrected chi connectivity index (χ3v) is 2.91. The van der Waals surface area contributed by atoms with E-state index in [0.29, 0.717) is 18.7 Å². The monoisotopic (exact) mass is 314 g/mol. The summed E-state index contributed by atoms with van der Waals surface area (Å²) in [5.41, 5.74) is 6.40. The number of benzene rings is 1. The van der Waals surface area contributed by atoms with Crippen LogP contribution >= 0.6 is 12.4 Å². The van der Waals surface area contributed by atoms with Crippen LogP contribution in [0, 0.1) is 0 Å². The van der Waals surface area contributed by atoms with Crippen LogP contribution in [-0.4, -0.2) is 24.0 Å². The molecule has 0 aliphatic carbocycles. The highest BCUT2D eigenvalue weighted by Crippen LogP contribution is 2.13. The molecule has 1 amide bonds. The van der Waals surface area contributed by atoms with E-state index in [2.05, 4.69) is 5.32 Å². The summed E-state index contributed by atoms with van der Waals surface area (Å²) in [6.07, 6.45) is 0.814. The molecule has 21 heavy (non-hydrogen) atoms. The number of hydrogen-bond donors (Lipinski definition) is 2. The standard InChI is InChI=1S/C15H22N2O3.ClH/c1-4-20-14(19)15(2,3)17-13(18)10-9-11-7-5-6-8-12(11)16;/h5-8H,4,9-10,16H2,1-3H3,(H,17,18);1H. The quantitative estimate of drug-likeness (QED) is 0.622. The van der Waals surface area contributed by atoms with Crippen molar-refractivity contribution < 1.29 is 14.3 Å². The molecule has 0 radical (unpaired) electrons. The molecule has 0 aliphatic heterocycles. The number of para-hydroxylation sites is 1. The van der Waals surface area contributed by atoms with Gasteiger partial charge in [-0.1, -0.05) is 18.2 Å². The largest absolute Gasteiger partial charge is 0.464 e. The molecule has 0 heterocycles. The van der Waals surface area contributed by atoms with Crippen LogP contribution in [0.5, 0.6) is 0 Å². The van der Waals surface area contributed by atoms with Crippen molar-refractivity contribution in [2.75, 3.05) is 12.3 Å². The molecule has 0 atom stereocenters. The lowest BCUT2D eigenvalue weighted by Gasteiger charge is -2.23. The Balaban J connectivity index is 0.00000400. The van der Waals surface area contributed by atoms with Crippen LogP contribution in [0.3, 0.4) is 0 Å². The zero-order chi connectivity index (χ0) is 15.2. The van der Waals surface area contributed by atoms with Gasteiger partial charge in [-0.15, -0.1) is 12.4 Å². The van der Waals surface area contributed by atoms with Crippen molar-refractivity contribution in [3.05, 3.63) is 29.8 Å². The molecule has 3 N–H and O–H groups in total. The number of halogens is 1. The number of aryl methyl sites for hydroxylation is 1. The van der Waals surface area contributed by atoms with Crippen molar-refractivity contribution in [3.63, 3.8) is 0 Å². The van der Waals surface area contributed by atoms with E-state index in [0.717, 1.165) is 5.56 Å². The molecule has 1 aromatic rings. The van der Waals surface area contributed by atoms with Crippen LogP contribution < -0.4 is 11.1 Å². The number of nitrogen functional groups attached to an aromatic ring is 1. The second-order valence-electron chi connectivity index (χ2n) is 5.09. The normalized spacial score (nSPS) is 10.4. The van der Waals surface area contributed by atoms with Crippen LogP contribution in [-0.2, 0) is 20.7 Å². The lowest BCUT2D eigenvalue weighted by molar-refractivity contribution is -0.151. The number of carbonyl (C=O) groups is 2. The first-order valence-electron chi connectivity index (χ1n) is 6.68. The summed E-state index contributed by atoms with van der Waals surface area (Å²) in [5, 5.41) is 2.68. The molecule has 0 spiro atoms. The van der Waals surface area contributed by atoms with Crippen LogP contribution in [0.15, 0.2) is 24.3 Å². The summed E-state index contributed by atoms with van der Waals surface area (Å²) in [6.45, 7) is 5.27. The fraction of sp³-hybridized carbons (Fsp3) is 0.467. The van der Waals surface area contributed by atoms with Gasteiger partial charge in [0, 0.05) is 12.1 Å². The van der Waals surface area contributed by atoms with Gasteiger partial charge in [-0.05, 0) is 38.8 Å². The van der Waals surface area contributed by atoms with E-state index in [1.165, 1.54) is 0 Å². The van der Waals surface area contributed by atoms with Crippen LogP contribution in [0.1, 0.15) is 32.8 Å². The first-order chi connectivity index (χ1) is 9.36. The van der Waals surface area contributed by atoms with Gasteiger partial charge in [-0.25, -0.2) is 4.79 Å². The van der Waals surface area contributed by atoms with Crippen molar-refractivity contribution in [3.8, 4) is 0 Å². The molecule has 0 aliphatic rings. The first-order valence-corrected chi connectivity index (χ1v) is 6.68. The van der Waals surface area contributed by atoms with Gasteiger partial charge in [0.05, 0.1) is 6.61 Å². The fourth-order valence-corrected chi connectivity index (χ4v) is 1.78. The van der Waals surface area contributed by atoms with Crippen molar-refractivity contribution in [2.24, 2.45) is 0 Å². The minimum absolute atomic E-state index is 0. The summed E-state index contributed by atoms with van der Waals surface area (Å²) in [7, 11) is 0. The third-order valence-electron chi connectivity index (χ3n) is 2.91. The Bertz CT molecular complexity index is 490. The predicted octanol–water partition coefficient (Wildman–Crippen LogP) is 2.08. The topological polar surface area (TPSA) is 81.4 Å². The van der Waals surface area contributed by atoms with Crippen LogP contribution in [0.25, 0.3) is 0 Å². The maximum absolute atomic E-state index is 11.9. The Labute approximate surface area is 131 Å². The van der Waals surface area contributed by atoms with Crippen molar-refractivity contribution >= 4 is 30.0 Å². The zero-order valence-corrected chi connectivity index (χ0v) is 13.5. The molecule has 0 bridgehead atoms. The molecule has 118 valence electrons. The summed E-state index contributed by atoms with van der Waals surface area (Å²) < 4.78 is 4.92. The molecule has 0 saturated carbocycles. The third kappa shape index (κ3) is 6.04. The Morgan fingerprint density at radius 3 is 2.48 bits per heavy atom. The molecular formula is C15H23ClN2O3. The number of nitrogens with two attached hydrogens (primary N) is 1. The van der Waals surface area contributed by atoms with Gasteiger partial charge >= 0.3 is 5.97 Å². The molecule has 0 fully saturated rings. The molecule has 6 heteroatoms. The Kier molecular flexibility index (Phi) is 7.81. The number of anilines is 1. The molecule has 0 saturated heterocycles. The van der Waals surface area contributed by atoms with Gasteiger partial charge < -0.3 is 15.8 Å². The van der Waals surface area contributed by atoms with E-state index in [1.54, 1.807) is 26.8 Å². The molecule has 5 nitrogen and oxygen atoms in total. The zero-order valence-electron chi connectivity index (χ0n) is 12.6. The summed E-state index contributed by atoms with van der Waals surface area (Å²) in [4.78, 5) is 23.6. The predicted molar refractivity (Wildman–Crippen MR) is 85.3 cm³/mol. The van der Waals surface area contributed by atoms with Gasteiger partial charge in [0.25, 0.3) is 0 Å². The summed E-state index contributed by atoms with van der Waals surface area (Å²) >= 11 is 0. The number of hydrogen-bond acceptors (Lipinski definition) is 4. The Morgan fingerprint density at radius 2 is 1.90 bits per heavy atom. The summed E-state index contributed by atoms with van der Waals surface area (Å²) in [6, 6.07) is 7.42. The smallest absolute Gasteiger partial charge is 0.331 e. The fourth-order valence-electron chi connectivity index (χ4n) is 1.78. The van der Waals surface area contributed by atoms with Gasteiger partial charge in [0.15, 0.2) is 0 Å². The lowest BCUT2D eigenvalue weighted by Crippen LogP contribution is -2.50. The van der Waals surface area contributed by atoms with E-state index in [1.807, 2.05) is 18.2 Å². The van der Waals surface area contributed by atoms with Gasteiger partial charge in [-0.3, -0.25) is 4.79 Å². The number of rotatable bonds is 6. The number of esters is 1. The van der Waals surface area contributed by atoms with E-state index in [-0.39, 0.29) is 24.7 Å². The minimum Gasteiger partial charge on any atom is -0.464 e. The minimum atomic E-state index is -1.02. The van der Waals surface area contributed by atoms with Crippen molar-refractivity contribution in [1.29, 1.82) is 0 Å². The molecule has 1 rings (SSSR count). The molecule has 0 aromatic heterocycles. The van der Waals surface area contributed by atoms with E-state index in [4.69, 9.17) is 10.5 Å². The highest BCUT2D eigenvalue weighted by Gasteiger charge is 2.30. The number of nitrogens with one attached hydrogen (secondary N) is 1. The van der Waals surface area contributed by atoms with E-state index in [9.17, 15) is 9.59 Å². The first kappa shape index (κ1) is 19.2. The Morgan fingerprint density at radius 1 is 1.29 bits per heavy atom. The second-order valence-corrected chi connectivity index (χ2v) is 5.09. The SMILES string of the molecule is CCOC(=O)C(C)(C)NC(=O)CCc1ccccc1N.Cl. The maximum Gasteiger partial charge on any atom is 0.331 e. The highest BCUT2D eigenvalue weighted by molar-refractivity contribution is 5.87. The average Bonchev–Trinajstić information content (AvgIpc) is 2.37. The van der Waals surface area contributed by atoms with Crippen LogP contribution in [0.2, 0.25) is 0 Å². The van der Waals surface area contributed by atoms with Gasteiger partial charge in [-0.2, -0.15) is 0 Å². The Hall–Kier alpha value is -1.75. The molecule has 0 unspecified atom stereocenters. The molecular weight excluding hydrogens is 292 g/mol. The van der Waals surface area contributed by atoms with E-state index < -0.39 is 11.5 Å². The second kappa shape index (κ2) is 8.52. The highest BCUT2D eigenvalue weighted by atomic mass is 35.5. The number of amides is 1. The van der Waals surface area contributed by atoms with Crippen molar-refractivity contribution in [2.45, 2.75) is 39.2 Å². The van der Waals surface area contributed by atoms with Crippen molar-refractivity contribution in [1.82, 2.24) is 5.32 Å². The molecule has 1 aromatic carbocycles. The maximum atomic E-state index is 11.9. The van der Waals surface area contributed by atoms with E-state index >= 15 is 0 Å². The van der Waals surface area contributed by atoms with Crippen LogP contribution in [0.4, 0.5) is 5.69 Å². The summed E-state index contributed by atoms with van der Waals surface area (Å²) in [5.74, 6) is -0.640. The van der Waals surface area contributed by atoms with Gasteiger partial charge in [0.1, 0.15) is 5.54 Å². The lowest BCUT2D eigenvalue weighted by atomic mass is 10.0. The van der Waals surface area contributed by atoms with Gasteiger partial charge in [0.2, 0.25) is 5.91 Å². The number of carbonyl (C=O) groups excluding carboxylic acids is 2. The average molecular weight is 315 g/mol.